The van der Waals surface area contributed by atoms with Crippen LogP contribution < -0.4 is 17.0 Å². The number of benzene rings is 1. The van der Waals surface area contributed by atoms with Gasteiger partial charge in [0.1, 0.15) is 12.0 Å². The Morgan fingerprint density at radius 2 is 2.00 bits per heavy atom. The van der Waals surface area contributed by atoms with E-state index in [9.17, 15) is 15.0 Å². The van der Waals surface area contributed by atoms with Crippen molar-refractivity contribution in [3.8, 4) is 0 Å². The van der Waals surface area contributed by atoms with Crippen molar-refractivity contribution in [2.45, 2.75) is 49.5 Å². The van der Waals surface area contributed by atoms with Crippen LogP contribution in [0.1, 0.15) is 30.7 Å². The van der Waals surface area contributed by atoms with Gasteiger partial charge in [0.05, 0.1) is 12.7 Å². The minimum Gasteiger partial charge on any atom is -1.00 e. The van der Waals surface area contributed by atoms with E-state index in [4.69, 9.17) is 4.74 Å². The summed E-state index contributed by atoms with van der Waals surface area (Å²) in [6.45, 7) is -0.259. The molecule has 2 aliphatic rings. The summed E-state index contributed by atoms with van der Waals surface area (Å²) in [5.74, 6) is -1.01. The molecule has 128 valence electrons. The zero-order valence-corrected chi connectivity index (χ0v) is 14.7. The summed E-state index contributed by atoms with van der Waals surface area (Å²) < 4.78 is 5.64. The number of halogens is 1. The lowest BCUT2D eigenvalue weighted by atomic mass is 9.98. The molecule has 0 saturated carbocycles. The smallest absolute Gasteiger partial charge is 0.316 e. The summed E-state index contributed by atoms with van der Waals surface area (Å²) in [5, 5.41) is 19.6. The molecule has 1 aromatic carbocycles. The number of fused-ring (bicyclic) bond motifs is 2. The molecular formula is C17H23BrNO4-. The highest BCUT2D eigenvalue weighted by Gasteiger charge is 2.45. The lowest BCUT2D eigenvalue weighted by molar-refractivity contribution is -0.155. The number of hydrogen-bond donors (Lipinski definition) is 2. The van der Waals surface area contributed by atoms with Crippen molar-refractivity contribution < 1.29 is 36.7 Å². The molecule has 0 radical (unpaired) electrons. The summed E-state index contributed by atoms with van der Waals surface area (Å²) in [7, 11) is 2.02. The molecule has 0 amide bonds. The third-order valence-electron chi connectivity index (χ3n) is 5.05. The number of carbonyl (C=O) groups excluding carboxylic acids is 1. The molecule has 5 atom stereocenters. The first-order chi connectivity index (χ1) is 10.6. The monoisotopic (exact) mass is 384 g/mol. The Hall–Kier alpha value is -0.950. The van der Waals surface area contributed by atoms with Crippen molar-refractivity contribution in [2.75, 3.05) is 13.7 Å². The van der Waals surface area contributed by atoms with Crippen LogP contribution in [0.3, 0.4) is 0 Å². The molecule has 0 aromatic heterocycles. The van der Waals surface area contributed by atoms with Gasteiger partial charge < -0.3 is 31.9 Å². The second kappa shape index (κ2) is 7.75. The van der Waals surface area contributed by atoms with Crippen molar-refractivity contribution in [3.63, 3.8) is 0 Å². The number of likely N-dealkylation sites (N-methyl/N-ethyl adjacent to an activating group) is 1. The number of carbonyl (C=O) groups is 1. The Morgan fingerprint density at radius 1 is 1.30 bits per heavy atom. The van der Waals surface area contributed by atoms with Crippen LogP contribution in [0.5, 0.6) is 0 Å². The number of hydrogen-bond acceptors (Lipinski definition) is 5. The van der Waals surface area contributed by atoms with Crippen LogP contribution in [0, 0.1) is 0 Å². The van der Waals surface area contributed by atoms with Crippen LogP contribution in [-0.4, -0.2) is 59.0 Å². The van der Waals surface area contributed by atoms with Crippen LogP contribution in [0.25, 0.3) is 0 Å². The molecule has 2 saturated heterocycles. The molecule has 2 aliphatic heterocycles. The van der Waals surface area contributed by atoms with E-state index >= 15 is 0 Å². The number of esters is 1. The lowest BCUT2D eigenvalue weighted by Gasteiger charge is -2.36. The van der Waals surface area contributed by atoms with Crippen LogP contribution >= 0.6 is 0 Å². The fourth-order valence-electron chi connectivity index (χ4n) is 3.74. The van der Waals surface area contributed by atoms with Crippen molar-refractivity contribution in [2.24, 2.45) is 0 Å². The van der Waals surface area contributed by atoms with E-state index in [1.165, 1.54) is 0 Å². The maximum absolute atomic E-state index is 12.4. The van der Waals surface area contributed by atoms with Gasteiger partial charge in [-0.25, -0.2) is 0 Å². The summed E-state index contributed by atoms with van der Waals surface area (Å²) in [6.07, 6.45) is 1.66. The average Bonchev–Trinajstić information content (AvgIpc) is 2.68. The molecule has 23 heavy (non-hydrogen) atoms. The Bertz CT molecular complexity index is 527. The number of aliphatic hydroxyl groups is 2. The highest BCUT2D eigenvalue weighted by atomic mass is 79.9. The highest BCUT2D eigenvalue weighted by molar-refractivity contribution is 5.78. The number of rotatable bonds is 4. The fourth-order valence-corrected chi connectivity index (χ4v) is 3.74. The van der Waals surface area contributed by atoms with Gasteiger partial charge in [-0.2, -0.15) is 0 Å². The standard InChI is InChI=1S/C17H23NO4.BrH/c1-18-12-7-13(9-15(18)16(20)8-12)22-17(21)14(10-19)11-5-3-2-4-6-11;/h2-6,12-16,19-20H,7-10H2,1H3;1H/p-1/t12-,13-,14+,15+,16-;/m0./s1. The molecule has 5 nitrogen and oxygen atoms in total. The Labute approximate surface area is 147 Å². The Morgan fingerprint density at radius 3 is 2.61 bits per heavy atom. The van der Waals surface area contributed by atoms with E-state index in [1.54, 1.807) is 0 Å². The molecule has 2 bridgehead atoms. The minimum absolute atomic E-state index is 0. The third-order valence-corrected chi connectivity index (χ3v) is 5.05. The molecule has 2 fully saturated rings. The molecule has 1 aromatic rings. The quantitative estimate of drug-likeness (QED) is 0.582. The number of nitrogens with zero attached hydrogens (tertiary/aromatic N) is 1. The lowest BCUT2D eigenvalue weighted by Crippen LogP contribution is -3.00. The average molecular weight is 385 g/mol. The van der Waals surface area contributed by atoms with Crippen LogP contribution in [-0.2, 0) is 9.53 Å². The first-order valence-corrected chi connectivity index (χ1v) is 7.86. The zero-order chi connectivity index (χ0) is 15.7. The van der Waals surface area contributed by atoms with Gasteiger partial charge in [-0.05, 0) is 19.0 Å². The normalized spacial score (nSPS) is 31.3. The van der Waals surface area contributed by atoms with Crippen molar-refractivity contribution in [1.82, 2.24) is 4.90 Å². The molecule has 0 aliphatic carbocycles. The van der Waals surface area contributed by atoms with Gasteiger partial charge in [0.25, 0.3) is 0 Å². The van der Waals surface area contributed by atoms with Crippen molar-refractivity contribution in [3.05, 3.63) is 35.9 Å². The van der Waals surface area contributed by atoms with Crippen molar-refractivity contribution >= 4 is 5.97 Å². The van der Waals surface area contributed by atoms with Gasteiger partial charge in [0.2, 0.25) is 0 Å². The van der Waals surface area contributed by atoms with E-state index in [1.807, 2.05) is 37.4 Å². The zero-order valence-electron chi connectivity index (χ0n) is 13.1. The summed E-state index contributed by atoms with van der Waals surface area (Å²) in [6, 6.07) is 9.56. The van der Waals surface area contributed by atoms with Gasteiger partial charge in [-0.1, -0.05) is 30.3 Å². The third kappa shape index (κ3) is 3.76. The maximum atomic E-state index is 12.4. The Kier molecular flexibility index (Phi) is 6.19. The molecule has 2 N–H and O–H groups in total. The summed E-state index contributed by atoms with van der Waals surface area (Å²) in [4.78, 5) is 14.6. The number of piperidine rings is 1. The largest absolute Gasteiger partial charge is 1.00 e. The van der Waals surface area contributed by atoms with Gasteiger partial charge in [0, 0.05) is 24.9 Å². The van der Waals surface area contributed by atoms with E-state index in [0.717, 1.165) is 18.4 Å². The minimum atomic E-state index is -0.636. The molecule has 3 rings (SSSR count). The molecule has 0 unspecified atom stereocenters. The number of aliphatic hydroxyl groups excluding tert-OH is 2. The van der Waals surface area contributed by atoms with Gasteiger partial charge in [-0.15, -0.1) is 0 Å². The summed E-state index contributed by atoms with van der Waals surface area (Å²) in [5.41, 5.74) is 0.769. The van der Waals surface area contributed by atoms with Gasteiger partial charge in [-0.3, -0.25) is 9.69 Å². The second-order valence-electron chi connectivity index (χ2n) is 6.37. The predicted octanol–water partition coefficient (Wildman–Crippen LogP) is -2.09. The molecule has 0 spiro atoms. The topological polar surface area (TPSA) is 70.0 Å². The van der Waals surface area contributed by atoms with E-state index in [0.29, 0.717) is 6.42 Å². The Balaban J connectivity index is 0.00000192. The fraction of sp³-hybridized carbons (Fsp3) is 0.588. The first-order valence-electron chi connectivity index (χ1n) is 7.86. The van der Waals surface area contributed by atoms with E-state index in [-0.39, 0.29) is 53.8 Å². The van der Waals surface area contributed by atoms with E-state index in [2.05, 4.69) is 4.90 Å². The molecular weight excluding hydrogens is 362 g/mol. The summed E-state index contributed by atoms with van der Waals surface area (Å²) >= 11 is 0. The predicted molar refractivity (Wildman–Crippen MR) is 81.3 cm³/mol. The van der Waals surface area contributed by atoms with Crippen LogP contribution in [0.4, 0.5) is 0 Å². The van der Waals surface area contributed by atoms with E-state index < -0.39 is 5.92 Å². The van der Waals surface area contributed by atoms with Gasteiger partial charge in [0.15, 0.2) is 0 Å². The van der Waals surface area contributed by atoms with Crippen LogP contribution in [0.15, 0.2) is 30.3 Å². The SMILES string of the molecule is CN1[C@H]2C[C@H](OC(=O)[C@H](CO)c3ccccc3)C[C@@H]1[C@@H](O)C2.[Br-]. The van der Waals surface area contributed by atoms with Gasteiger partial charge >= 0.3 is 5.97 Å². The van der Waals surface area contributed by atoms with Crippen molar-refractivity contribution in [1.29, 1.82) is 0 Å². The highest BCUT2D eigenvalue weighted by Crippen LogP contribution is 2.36. The molecule has 2 heterocycles. The van der Waals surface area contributed by atoms with Crippen LogP contribution in [0.2, 0.25) is 0 Å². The molecule has 6 heteroatoms. The first kappa shape index (κ1) is 18.4. The second-order valence-corrected chi connectivity index (χ2v) is 6.37. The maximum Gasteiger partial charge on any atom is 0.316 e. The number of ether oxygens (including phenoxy) is 1.